The van der Waals surface area contributed by atoms with Crippen molar-refractivity contribution in [1.29, 1.82) is 0 Å². The first-order chi connectivity index (χ1) is 20.9. The number of rotatable bonds is 11. The van der Waals surface area contributed by atoms with Crippen LogP contribution in [0.25, 0.3) is 21.9 Å². The van der Waals surface area contributed by atoms with Gasteiger partial charge in [0.25, 0.3) is 0 Å². The Morgan fingerprint density at radius 3 is 2.64 bits per heavy atom. The van der Waals surface area contributed by atoms with Gasteiger partial charge in [-0.1, -0.05) is 50.2 Å². The maximum Gasteiger partial charge on any atom is 0.459 e. The lowest BCUT2D eigenvalue weighted by Gasteiger charge is -2.28. The average molecular weight is 631 g/mol. The zero-order valence-electron chi connectivity index (χ0n) is 24.8. The lowest BCUT2D eigenvalue weighted by molar-refractivity contribution is -0.143. The highest BCUT2D eigenvalue weighted by molar-refractivity contribution is 7.52. The minimum atomic E-state index is -4.38. The molecule has 0 bridgehead atoms. The summed E-state index contributed by atoms with van der Waals surface area (Å²) in [7, 11) is -1.76. The van der Waals surface area contributed by atoms with Gasteiger partial charge in [0.1, 0.15) is 29.6 Å². The van der Waals surface area contributed by atoms with Crippen LogP contribution in [0.1, 0.15) is 27.0 Å². The van der Waals surface area contributed by atoms with Crippen molar-refractivity contribution in [3.8, 4) is 11.6 Å². The fourth-order valence-corrected chi connectivity index (χ4v) is 6.72. The number of hydrogen-bond acceptors (Lipinski definition) is 13. The number of esters is 1. The van der Waals surface area contributed by atoms with Crippen LogP contribution < -0.4 is 20.1 Å². The van der Waals surface area contributed by atoms with Gasteiger partial charge in [-0.05, 0) is 24.3 Å². The SMILES string of the molecule is COC(=O)[C@@H](NP(=O)(OC[C@H]1OC(n2cnc3c(OC)nc(N)nc32)[C@](C)(O)[C@@H]1O)Oc1cccc2ccccc12)C(C)C. The molecular weight excluding hydrogens is 595 g/mol. The van der Waals surface area contributed by atoms with Gasteiger partial charge < -0.3 is 34.7 Å². The normalized spacial score (nSPS) is 24.0. The maximum atomic E-state index is 14.4. The highest BCUT2D eigenvalue weighted by atomic mass is 31.2. The molecule has 236 valence electrons. The third-order valence-electron chi connectivity index (χ3n) is 7.40. The predicted octanol–water partition coefficient (Wildman–Crippen LogP) is 2.57. The zero-order valence-corrected chi connectivity index (χ0v) is 25.7. The van der Waals surface area contributed by atoms with Crippen LogP contribution in [0.4, 0.5) is 5.95 Å². The quantitative estimate of drug-likeness (QED) is 0.139. The fraction of sp³-hybridized carbons (Fsp3) is 0.429. The minimum absolute atomic E-state index is 0.0999. The Hall–Kier alpha value is -3.85. The molecule has 3 heterocycles. The second kappa shape index (κ2) is 12.3. The van der Waals surface area contributed by atoms with Gasteiger partial charge in [-0.2, -0.15) is 15.1 Å². The van der Waals surface area contributed by atoms with E-state index in [-0.39, 0.29) is 34.7 Å². The van der Waals surface area contributed by atoms with E-state index in [1.807, 2.05) is 18.2 Å². The summed E-state index contributed by atoms with van der Waals surface area (Å²) in [5, 5.41) is 26.7. The molecule has 15 nitrogen and oxygen atoms in total. The van der Waals surface area contributed by atoms with E-state index in [4.69, 9.17) is 29.0 Å². The molecule has 1 saturated heterocycles. The molecule has 0 saturated carbocycles. The molecule has 6 atom stereocenters. The third kappa shape index (κ3) is 5.94. The van der Waals surface area contributed by atoms with E-state index in [9.17, 15) is 19.6 Å². The van der Waals surface area contributed by atoms with Crippen LogP contribution in [0, 0.1) is 5.92 Å². The van der Waals surface area contributed by atoms with Crippen molar-refractivity contribution < 1.29 is 42.8 Å². The Bertz CT molecular complexity index is 1710. The molecule has 2 aromatic carbocycles. The largest absolute Gasteiger partial charge is 0.479 e. The number of anilines is 1. The van der Waals surface area contributed by atoms with E-state index in [1.165, 1.54) is 32.0 Å². The van der Waals surface area contributed by atoms with Crippen molar-refractivity contribution in [2.45, 2.75) is 50.8 Å². The predicted molar refractivity (Wildman–Crippen MR) is 159 cm³/mol. The molecule has 0 amide bonds. The van der Waals surface area contributed by atoms with Gasteiger partial charge in [-0.25, -0.2) is 9.55 Å². The number of nitrogens with zero attached hydrogens (tertiary/aromatic N) is 4. The van der Waals surface area contributed by atoms with Gasteiger partial charge in [0.2, 0.25) is 11.8 Å². The number of aromatic nitrogens is 4. The standard InChI is InChI=1S/C28H35N6O9P/c1-15(2)20(25(36)40-5)33-44(38,43-18-12-8-10-16-9-6-7-11-17(16)18)41-13-19-22(35)28(3,37)26(42-19)34-14-30-21-23(34)31-27(29)32-24(21)39-4/h6-12,14-15,19-20,22,26,35,37H,13H2,1-5H3,(H,33,38)(H2,29,31,32)/t19-,20+,22-,26?,28-,44?/m1/s1. The monoisotopic (exact) mass is 630 g/mol. The molecule has 1 aliphatic rings. The molecule has 0 radical (unpaired) electrons. The smallest absolute Gasteiger partial charge is 0.459 e. The number of hydrogen-bond donors (Lipinski definition) is 4. The summed E-state index contributed by atoms with van der Waals surface area (Å²) in [6.07, 6.45) is -2.62. The summed E-state index contributed by atoms with van der Waals surface area (Å²) in [6.45, 7) is 4.33. The number of nitrogens with two attached hydrogens (primary N) is 1. The van der Waals surface area contributed by atoms with Crippen molar-refractivity contribution in [3.63, 3.8) is 0 Å². The molecule has 1 aliphatic heterocycles. The third-order valence-corrected chi connectivity index (χ3v) is 8.92. The van der Waals surface area contributed by atoms with Crippen LogP contribution in [0.2, 0.25) is 0 Å². The molecule has 16 heteroatoms. The van der Waals surface area contributed by atoms with Gasteiger partial charge in [-0.3, -0.25) is 13.9 Å². The van der Waals surface area contributed by atoms with E-state index in [1.54, 1.807) is 38.1 Å². The van der Waals surface area contributed by atoms with Gasteiger partial charge in [-0.15, -0.1) is 0 Å². The molecule has 2 aromatic heterocycles. The zero-order chi connectivity index (χ0) is 31.8. The Balaban J connectivity index is 1.45. The lowest BCUT2D eigenvalue weighted by Crippen LogP contribution is -2.45. The molecule has 4 aromatic rings. The van der Waals surface area contributed by atoms with Crippen LogP contribution in [0.3, 0.4) is 0 Å². The highest BCUT2D eigenvalue weighted by Gasteiger charge is 2.54. The summed E-state index contributed by atoms with van der Waals surface area (Å²) < 4.78 is 43.8. The van der Waals surface area contributed by atoms with E-state index >= 15 is 0 Å². The number of methoxy groups -OCH3 is 2. The van der Waals surface area contributed by atoms with Crippen LogP contribution >= 0.6 is 7.75 Å². The molecule has 1 fully saturated rings. The lowest BCUT2D eigenvalue weighted by atomic mass is 9.96. The number of carbonyl (C=O) groups is 1. The van der Waals surface area contributed by atoms with Crippen LogP contribution in [0.5, 0.6) is 11.6 Å². The topological polar surface area (TPSA) is 202 Å². The first-order valence-electron chi connectivity index (χ1n) is 13.8. The van der Waals surface area contributed by atoms with Gasteiger partial charge in [0, 0.05) is 5.39 Å². The Morgan fingerprint density at radius 2 is 1.93 bits per heavy atom. The molecule has 0 spiro atoms. The molecule has 2 unspecified atom stereocenters. The number of aliphatic hydroxyl groups is 2. The van der Waals surface area contributed by atoms with Crippen molar-refractivity contribution in [1.82, 2.24) is 24.6 Å². The van der Waals surface area contributed by atoms with Crippen LogP contribution in [-0.2, 0) is 23.4 Å². The van der Waals surface area contributed by atoms with Crippen molar-refractivity contribution in [3.05, 3.63) is 48.8 Å². The summed E-state index contributed by atoms with van der Waals surface area (Å²) in [4.78, 5) is 25.1. The van der Waals surface area contributed by atoms with Gasteiger partial charge in [0.15, 0.2) is 17.4 Å². The molecule has 44 heavy (non-hydrogen) atoms. The Kier molecular flexibility index (Phi) is 8.80. The summed E-state index contributed by atoms with van der Waals surface area (Å²) in [6, 6.07) is 11.5. The second-order valence-electron chi connectivity index (χ2n) is 10.8. The molecule has 5 N–H and O–H groups in total. The molecule has 0 aliphatic carbocycles. The van der Waals surface area contributed by atoms with Crippen LogP contribution in [-0.4, -0.2) is 80.4 Å². The number of carbonyl (C=O) groups excluding carboxylic acids is 1. The molecular formula is C28H35N6O9P. The minimum Gasteiger partial charge on any atom is -0.479 e. The number of imidazole rings is 1. The number of benzene rings is 2. The number of aliphatic hydroxyl groups excluding tert-OH is 1. The van der Waals surface area contributed by atoms with E-state index in [0.717, 1.165) is 5.39 Å². The number of ether oxygens (including phenoxy) is 3. The van der Waals surface area contributed by atoms with E-state index < -0.39 is 50.4 Å². The Morgan fingerprint density at radius 1 is 1.20 bits per heavy atom. The average Bonchev–Trinajstić information content (AvgIpc) is 3.51. The van der Waals surface area contributed by atoms with Crippen molar-refractivity contribution in [2.75, 3.05) is 26.6 Å². The molecule has 5 rings (SSSR count). The number of nitrogen functional groups attached to an aromatic ring is 1. The second-order valence-corrected chi connectivity index (χ2v) is 12.5. The summed E-state index contributed by atoms with van der Waals surface area (Å²) in [5.41, 5.74) is 4.39. The first-order valence-corrected chi connectivity index (χ1v) is 15.3. The highest BCUT2D eigenvalue weighted by Crippen LogP contribution is 2.49. The number of fused-ring (bicyclic) bond motifs is 2. The van der Waals surface area contributed by atoms with Crippen LogP contribution in [0.15, 0.2) is 48.8 Å². The van der Waals surface area contributed by atoms with E-state index in [0.29, 0.717) is 5.39 Å². The van der Waals surface area contributed by atoms with E-state index in [2.05, 4.69) is 20.0 Å². The number of nitrogens with one attached hydrogen (secondary N) is 1. The van der Waals surface area contributed by atoms with Crippen molar-refractivity contribution >= 4 is 41.6 Å². The first kappa shape index (κ1) is 31.6. The van der Waals surface area contributed by atoms with Gasteiger partial charge in [0.05, 0.1) is 27.2 Å². The van der Waals surface area contributed by atoms with Gasteiger partial charge >= 0.3 is 13.7 Å². The fourth-order valence-electron chi connectivity index (χ4n) is 5.04. The van der Waals surface area contributed by atoms with Crippen molar-refractivity contribution in [2.24, 2.45) is 5.92 Å². The maximum absolute atomic E-state index is 14.4. The summed E-state index contributed by atoms with van der Waals surface area (Å²) in [5.74, 6) is -0.784. The summed E-state index contributed by atoms with van der Waals surface area (Å²) >= 11 is 0. The Labute approximate surface area is 252 Å².